The summed E-state index contributed by atoms with van der Waals surface area (Å²) >= 11 is 0. The first-order chi connectivity index (χ1) is 16.9. The second-order valence-corrected chi connectivity index (χ2v) is 9.44. The van der Waals surface area contributed by atoms with Gasteiger partial charge in [-0.1, -0.05) is 12.8 Å². The number of ether oxygens (including phenoxy) is 1. The van der Waals surface area contributed by atoms with Crippen molar-refractivity contribution >= 4 is 23.5 Å². The lowest BCUT2D eigenvalue weighted by molar-refractivity contribution is 0.126. The summed E-state index contributed by atoms with van der Waals surface area (Å²) in [7, 11) is 1.20. The Labute approximate surface area is 201 Å². The largest absolute Gasteiger partial charge is 0.505 e. The molecule has 2 aromatic rings. The van der Waals surface area contributed by atoms with E-state index >= 15 is 4.39 Å². The van der Waals surface area contributed by atoms with Crippen molar-refractivity contribution in [2.45, 2.75) is 76.1 Å². The number of amides is 2. The maximum absolute atomic E-state index is 15.2. The Morgan fingerprint density at radius 1 is 1.11 bits per heavy atom. The Bertz CT molecular complexity index is 1120. The van der Waals surface area contributed by atoms with Crippen molar-refractivity contribution in [2.24, 2.45) is 0 Å². The Morgan fingerprint density at radius 3 is 2.51 bits per heavy atom. The highest BCUT2D eigenvalue weighted by Crippen LogP contribution is 2.42. The van der Waals surface area contributed by atoms with Crippen LogP contribution >= 0.6 is 0 Å². The Balaban J connectivity index is 1.52. The van der Waals surface area contributed by atoms with E-state index in [-0.39, 0.29) is 30.5 Å². The van der Waals surface area contributed by atoms with Crippen LogP contribution in [-0.2, 0) is 6.54 Å². The zero-order chi connectivity index (χ0) is 24.7. The van der Waals surface area contributed by atoms with Crippen LogP contribution in [0.2, 0.25) is 0 Å². The van der Waals surface area contributed by atoms with Gasteiger partial charge >= 0.3 is 6.03 Å². The van der Waals surface area contributed by atoms with Gasteiger partial charge in [-0.25, -0.2) is 18.6 Å². The van der Waals surface area contributed by atoms with Crippen LogP contribution in [0, 0.1) is 11.6 Å². The van der Waals surface area contributed by atoms with Gasteiger partial charge in [0.1, 0.15) is 11.5 Å². The summed E-state index contributed by atoms with van der Waals surface area (Å²) in [6.45, 7) is -0.159. The van der Waals surface area contributed by atoms with Crippen LogP contribution in [0.1, 0.15) is 56.9 Å². The number of benzene rings is 1. The van der Waals surface area contributed by atoms with Crippen LogP contribution in [0.15, 0.2) is 12.3 Å². The van der Waals surface area contributed by atoms with Crippen molar-refractivity contribution in [3.63, 3.8) is 0 Å². The van der Waals surface area contributed by atoms with E-state index in [1.165, 1.54) is 12.0 Å². The number of methoxy groups -OCH3 is 1. The number of carbonyl (C=O) groups excluding carboxylic acids is 1. The molecule has 0 saturated heterocycles. The first kappa shape index (κ1) is 23.5. The van der Waals surface area contributed by atoms with Gasteiger partial charge in [-0.3, -0.25) is 9.80 Å². The number of hydrogen-bond acceptors (Lipinski definition) is 7. The van der Waals surface area contributed by atoms with Gasteiger partial charge in [-0.15, -0.1) is 0 Å². The summed E-state index contributed by atoms with van der Waals surface area (Å²) in [6.07, 6.45) is 7.65. The molecule has 1 aromatic carbocycles. The normalized spacial score (nSPS) is 22.9. The lowest BCUT2D eigenvalue weighted by Crippen LogP contribution is -2.52. The quantitative estimate of drug-likeness (QED) is 0.581. The molecule has 0 bridgehead atoms. The molecule has 2 amide bonds. The van der Waals surface area contributed by atoms with Crippen LogP contribution in [-0.4, -0.2) is 51.5 Å². The molecule has 9 nitrogen and oxygen atoms in total. The summed E-state index contributed by atoms with van der Waals surface area (Å²) in [5, 5.41) is 23.1. The van der Waals surface area contributed by atoms with Crippen LogP contribution in [0.4, 0.5) is 31.0 Å². The second-order valence-electron chi connectivity index (χ2n) is 9.44. The van der Waals surface area contributed by atoms with Crippen molar-refractivity contribution < 1.29 is 28.5 Å². The summed E-state index contributed by atoms with van der Waals surface area (Å²) in [4.78, 5) is 25.3. The maximum atomic E-state index is 15.2. The molecule has 188 valence electrons. The number of nitrogens with zero attached hydrogens (tertiary/aromatic N) is 4. The second kappa shape index (κ2) is 9.44. The molecule has 0 unspecified atom stereocenters. The number of aromatic hydroxyl groups is 1. The topological polar surface area (TPSA) is 111 Å². The van der Waals surface area contributed by atoms with Gasteiger partial charge in [0.05, 0.1) is 19.8 Å². The molecule has 11 heteroatoms. The van der Waals surface area contributed by atoms with Crippen molar-refractivity contribution in [1.29, 1.82) is 0 Å². The molecular weight excluding hydrogens is 460 g/mol. The molecule has 2 fully saturated rings. The lowest BCUT2D eigenvalue weighted by Gasteiger charge is -2.39. The van der Waals surface area contributed by atoms with E-state index in [1.807, 2.05) is 0 Å². The Kier molecular flexibility index (Phi) is 6.35. The van der Waals surface area contributed by atoms with Crippen molar-refractivity contribution in [1.82, 2.24) is 9.97 Å². The van der Waals surface area contributed by atoms with Crippen LogP contribution < -0.4 is 19.9 Å². The number of carbonyl (C=O) groups is 1. The molecule has 2 heterocycles. The molecule has 5 rings (SSSR count). The summed E-state index contributed by atoms with van der Waals surface area (Å²) < 4.78 is 35.0. The fourth-order valence-electron chi connectivity index (χ4n) is 5.29. The first-order valence-corrected chi connectivity index (χ1v) is 12.0. The number of urea groups is 1. The molecule has 3 aliphatic rings. The van der Waals surface area contributed by atoms with E-state index < -0.39 is 29.1 Å². The zero-order valence-corrected chi connectivity index (χ0v) is 19.5. The van der Waals surface area contributed by atoms with Gasteiger partial charge in [0.2, 0.25) is 5.95 Å². The van der Waals surface area contributed by atoms with Gasteiger partial charge in [0.25, 0.3) is 0 Å². The smallest absolute Gasteiger partial charge is 0.330 e. The van der Waals surface area contributed by atoms with Crippen molar-refractivity contribution in [3.8, 4) is 11.5 Å². The minimum Gasteiger partial charge on any atom is -0.505 e. The average molecular weight is 490 g/mol. The summed E-state index contributed by atoms with van der Waals surface area (Å²) in [6, 6.07) is 0.189. The van der Waals surface area contributed by atoms with Crippen molar-refractivity contribution in [2.75, 3.05) is 22.2 Å². The average Bonchev–Trinajstić information content (AvgIpc) is 3.38. The van der Waals surface area contributed by atoms with E-state index in [9.17, 15) is 19.4 Å². The Hall–Kier alpha value is -3.21. The standard InChI is InChI=1S/C24H29F2N5O4/c1-35-18-10-17(33)19(25)21(20(18)26)30-12-13-11-27-23(28-14-6-8-16(32)9-7-14)29-22(13)31(24(30)34)15-4-2-3-5-15/h10-11,14-16,32-33H,2-9,12H2,1H3,(H,27,28,29). The fraction of sp³-hybridized carbons (Fsp3) is 0.542. The molecule has 1 aliphatic heterocycles. The molecule has 0 radical (unpaired) electrons. The number of phenols is 1. The molecule has 35 heavy (non-hydrogen) atoms. The minimum absolute atomic E-state index is 0.120. The Morgan fingerprint density at radius 2 is 1.83 bits per heavy atom. The number of rotatable bonds is 5. The van der Waals surface area contributed by atoms with E-state index in [0.29, 0.717) is 30.2 Å². The number of aliphatic hydroxyl groups is 1. The van der Waals surface area contributed by atoms with Gasteiger partial charge in [-0.05, 0) is 38.5 Å². The molecule has 0 spiro atoms. The number of fused-ring (bicyclic) bond motifs is 1. The highest BCUT2D eigenvalue weighted by Gasteiger charge is 2.41. The first-order valence-electron chi connectivity index (χ1n) is 12.0. The molecule has 2 aliphatic carbocycles. The predicted molar refractivity (Wildman–Crippen MR) is 125 cm³/mol. The third-order valence-corrected chi connectivity index (χ3v) is 7.17. The highest BCUT2D eigenvalue weighted by atomic mass is 19.1. The fourth-order valence-corrected chi connectivity index (χ4v) is 5.29. The number of hydrogen-bond donors (Lipinski definition) is 3. The molecule has 0 atom stereocenters. The highest BCUT2D eigenvalue weighted by molar-refractivity contribution is 6.06. The number of aliphatic hydroxyl groups excluding tert-OH is 1. The van der Waals surface area contributed by atoms with Gasteiger partial charge in [0.15, 0.2) is 23.1 Å². The van der Waals surface area contributed by atoms with Gasteiger partial charge in [0, 0.05) is 29.9 Å². The van der Waals surface area contributed by atoms with Crippen LogP contribution in [0.25, 0.3) is 0 Å². The summed E-state index contributed by atoms with van der Waals surface area (Å²) in [5.74, 6) is -2.66. The third kappa shape index (κ3) is 4.33. The lowest BCUT2D eigenvalue weighted by atomic mass is 9.93. The molecule has 1 aromatic heterocycles. The van der Waals surface area contributed by atoms with E-state index in [4.69, 9.17) is 4.74 Å². The van der Waals surface area contributed by atoms with E-state index in [1.54, 1.807) is 6.20 Å². The maximum Gasteiger partial charge on any atom is 0.330 e. The predicted octanol–water partition coefficient (Wildman–Crippen LogP) is 4.07. The number of halogens is 2. The number of anilines is 3. The zero-order valence-electron chi connectivity index (χ0n) is 19.5. The molecule has 3 N–H and O–H groups in total. The molecular formula is C24H29F2N5O4. The third-order valence-electron chi connectivity index (χ3n) is 7.17. The minimum atomic E-state index is -1.23. The monoisotopic (exact) mass is 489 g/mol. The summed E-state index contributed by atoms with van der Waals surface area (Å²) in [5.41, 5.74) is -0.120. The van der Waals surface area contributed by atoms with Gasteiger partial charge in [-0.2, -0.15) is 4.98 Å². The number of nitrogens with one attached hydrogen (secondary N) is 1. The number of phenolic OH excluding ortho intramolecular Hbond substituents is 1. The molecule has 2 saturated carbocycles. The van der Waals surface area contributed by atoms with Crippen molar-refractivity contribution in [3.05, 3.63) is 29.5 Å². The van der Waals surface area contributed by atoms with Crippen LogP contribution in [0.5, 0.6) is 11.5 Å². The van der Waals surface area contributed by atoms with E-state index in [0.717, 1.165) is 49.5 Å². The SMILES string of the molecule is COc1cc(O)c(F)c(N2Cc3cnc(NC4CCC(O)CC4)nc3N(C3CCCC3)C2=O)c1F. The number of aromatic nitrogens is 2. The van der Waals surface area contributed by atoms with Crippen LogP contribution in [0.3, 0.4) is 0 Å². The van der Waals surface area contributed by atoms with E-state index in [2.05, 4.69) is 15.3 Å². The van der Waals surface area contributed by atoms with Gasteiger partial charge < -0.3 is 20.3 Å².